The zero-order chi connectivity index (χ0) is 14.5. The predicted molar refractivity (Wildman–Crippen MR) is 72.6 cm³/mol. The molecule has 1 fully saturated rings. The minimum Gasteiger partial charge on any atom is -0.444 e. The Morgan fingerprint density at radius 1 is 1.37 bits per heavy atom. The third-order valence-corrected chi connectivity index (χ3v) is 2.93. The highest BCUT2D eigenvalue weighted by atomic mass is 16.6. The normalized spacial score (nSPS) is 20.2. The first-order valence-corrected chi connectivity index (χ1v) is 6.78. The van der Waals surface area contributed by atoms with Crippen LogP contribution >= 0.6 is 0 Å². The van der Waals surface area contributed by atoms with Crippen LogP contribution in [0.15, 0.2) is 0 Å². The SMILES string of the molecule is CC(C)(C)OC(=O)N1CCCCC1CNCC(N)=O. The van der Waals surface area contributed by atoms with Crippen LogP contribution in [-0.2, 0) is 9.53 Å². The van der Waals surface area contributed by atoms with Crippen LogP contribution in [0.1, 0.15) is 40.0 Å². The van der Waals surface area contributed by atoms with E-state index < -0.39 is 5.60 Å². The van der Waals surface area contributed by atoms with Gasteiger partial charge in [0.05, 0.1) is 6.54 Å². The number of carbonyl (C=O) groups is 2. The predicted octanol–water partition coefficient (Wildman–Crippen LogP) is 0.851. The van der Waals surface area contributed by atoms with Crippen LogP contribution in [0, 0.1) is 0 Å². The lowest BCUT2D eigenvalue weighted by Gasteiger charge is -2.36. The number of primary amides is 1. The molecule has 0 bridgehead atoms. The fourth-order valence-corrected chi connectivity index (χ4v) is 2.14. The lowest BCUT2D eigenvalue weighted by atomic mass is 10.0. The van der Waals surface area contributed by atoms with Crippen LogP contribution in [0.4, 0.5) is 4.79 Å². The van der Waals surface area contributed by atoms with Crippen molar-refractivity contribution in [1.29, 1.82) is 0 Å². The van der Waals surface area contributed by atoms with E-state index in [2.05, 4.69) is 5.32 Å². The lowest BCUT2D eigenvalue weighted by Crippen LogP contribution is -2.50. The van der Waals surface area contributed by atoms with Crippen molar-refractivity contribution in [3.63, 3.8) is 0 Å². The molecule has 0 radical (unpaired) electrons. The maximum atomic E-state index is 12.1. The highest BCUT2D eigenvalue weighted by Gasteiger charge is 2.30. The molecule has 1 aliphatic heterocycles. The van der Waals surface area contributed by atoms with Crippen LogP contribution in [-0.4, -0.2) is 48.2 Å². The molecule has 0 aromatic carbocycles. The number of ether oxygens (including phenoxy) is 1. The Hall–Kier alpha value is -1.30. The summed E-state index contributed by atoms with van der Waals surface area (Å²) >= 11 is 0. The number of nitrogens with two attached hydrogens (primary N) is 1. The monoisotopic (exact) mass is 271 g/mol. The third kappa shape index (κ3) is 5.92. The molecule has 0 spiro atoms. The molecular formula is C13H25N3O3. The van der Waals surface area contributed by atoms with Crippen molar-refractivity contribution in [3.05, 3.63) is 0 Å². The molecule has 1 rings (SSSR count). The van der Waals surface area contributed by atoms with E-state index in [0.717, 1.165) is 19.3 Å². The van der Waals surface area contributed by atoms with Gasteiger partial charge in [-0.3, -0.25) is 4.79 Å². The fourth-order valence-electron chi connectivity index (χ4n) is 2.14. The number of nitrogens with one attached hydrogen (secondary N) is 1. The molecule has 1 heterocycles. The first-order valence-electron chi connectivity index (χ1n) is 6.78. The Balaban J connectivity index is 2.51. The van der Waals surface area contributed by atoms with E-state index in [1.54, 1.807) is 4.90 Å². The summed E-state index contributed by atoms with van der Waals surface area (Å²) in [5, 5.41) is 2.98. The summed E-state index contributed by atoms with van der Waals surface area (Å²) in [6.45, 7) is 6.98. The Labute approximate surface area is 114 Å². The van der Waals surface area contributed by atoms with Crippen molar-refractivity contribution >= 4 is 12.0 Å². The number of nitrogens with zero attached hydrogens (tertiary/aromatic N) is 1. The summed E-state index contributed by atoms with van der Waals surface area (Å²) in [5.41, 5.74) is 4.59. The second-order valence-electron chi connectivity index (χ2n) is 5.92. The van der Waals surface area contributed by atoms with Gasteiger partial charge >= 0.3 is 6.09 Å². The van der Waals surface area contributed by atoms with Gasteiger partial charge in [-0.15, -0.1) is 0 Å². The maximum absolute atomic E-state index is 12.1. The number of likely N-dealkylation sites (tertiary alicyclic amines) is 1. The molecule has 6 heteroatoms. The summed E-state index contributed by atoms with van der Waals surface area (Å²) in [5.74, 6) is -0.389. The highest BCUT2D eigenvalue weighted by molar-refractivity contribution is 5.75. The van der Waals surface area contributed by atoms with E-state index in [1.165, 1.54) is 0 Å². The molecule has 2 amide bonds. The van der Waals surface area contributed by atoms with Crippen molar-refractivity contribution in [2.75, 3.05) is 19.6 Å². The van der Waals surface area contributed by atoms with Crippen molar-refractivity contribution in [1.82, 2.24) is 10.2 Å². The second-order valence-corrected chi connectivity index (χ2v) is 5.92. The molecule has 0 aromatic heterocycles. The summed E-state index contributed by atoms with van der Waals surface area (Å²) in [7, 11) is 0. The van der Waals surface area contributed by atoms with Crippen LogP contribution < -0.4 is 11.1 Å². The highest BCUT2D eigenvalue weighted by Crippen LogP contribution is 2.19. The van der Waals surface area contributed by atoms with Crippen LogP contribution in [0.25, 0.3) is 0 Å². The molecule has 3 N–H and O–H groups in total. The van der Waals surface area contributed by atoms with E-state index in [9.17, 15) is 9.59 Å². The number of amides is 2. The second kappa shape index (κ2) is 6.75. The average molecular weight is 271 g/mol. The van der Waals surface area contributed by atoms with Gasteiger partial charge in [0.1, 0.15) is 5.60 Å². The van der Waals surface area contributed by atoms with Crippen LogP contribution in [0.2, 0.25) is 0 Å². The van der Waals surface area contributed by atoms with Gasteiger partial charge in [0.25, 0.3) is 0 Å². The largest absolute Gasteiger partial charge is 0.444 e. The Morgan fingerprint density at radius 3 is 2.63 bits per heavy atom. The Morgan fingerprint density at radius 2 is 2.05 bits per heavy atom. The number of hydrogen-bond acceptors (Lipinski definition) is 4. The molecule has 1 atom stereocenters. The molecule has 19 heavy (non-hydrogen) atoms. The number of hydrogen-bond donors (Lipinski definition) is 2. The molecule has 0 aromatic rings. The van der Waals surface area contributed by atoms with E-state index >= 15 is 0 Å². The zero-order valence-corrected chi connectivity index (χ0v) is 12.1. The van der Waals surface area contributed by atoms with Crippen LogP contribution in [0.3, 0.4) is 0 Å². The lowest BCUT2D eigenvalue weighted by molar-refractivity contribution is -0.117. The topological polar surface area (TPSA) is 84.7 Å². The van der Waals surface area contributed by atoms with Gasteiger partial charge < -0.3 is 20.7 Å². The van der Waals surface area contributed by atoms with E-state index in [1.807, 2.05) is 20.8 Å². The third-order valence-electron chi connectivity index (χ3n) is 2.93. The summed E-state index contributed by atoms with van der Waals surface area (Å²) < 4.78 is 5.40. The molecule has 6 nitrogen and oxygen atoms in total. The van der Waals surface area contributed by atoms with E-state index in [4.69, 9.17) is 10.5 Å². The quantitative estimate of drug-likeness (QED) is 0.794. The van der Waals surface area contributed by atoms with Crippen molar-refractivity contribution < 1.29 is 14.3 Å². The standard InChI is InChI=1S/C13H25N3O3/c1-13(2,3)19-12(18)16-7-5-4-6-10(16)8-15-9-11(14)17/h10,15H,4-9H2,1-3H3,(H2,14,17). The van der Waals surface area contributed by atoms with Gasteiger partial charge in [-0.2, -0.15) is 0 Å². The van der Waals surface area contributed by atoms with Gasteiger partial charge in [0.2, 0.25) is 5.91 Å². The average Bonchev–Trinajstić information content (AvgIpc) is 2.26. The summed E-state index contributed by atoms with van der Waals surface area (Å²) in [6.07, 6.45) is 2.72. The van der Waals surface area contributed by atoms with Crippen molar-refractivity contribution in [2.24, 2.45) is 5.73 Å². The fraction of sp³-hybridized carbons (Fsp3) is 0.846. The molecular weight excluding hydrogens is 246 g/mol. The van der Waals surface area contributed by atoms with E-state index in [0.29, 0.717) is 13.1 Å². The summed E-state index contributed by atoms with van der Waals surface area (Å²) in [6, 6.07) is 0.0722. The molecule has 1 aliphatic rings. The minimum absolute atomic E-state index is 0.0722. The number of piperidine rings is 1. The van der Waals surface area contributed by atoms with Crippen LogP contribution in [0.5, 0.6) is 0 Å². The molecule has 110 valence electrons. The first kappa shape index (κ1) is 15.8. The smallest absolute Gasteiger partial charge is 0.410 e. The Kier molecular flexibility index (Phi) is 5.60. The maximum Gasteiger partial charge on any atom is 0.410 e. The Bertz CT molecular complexity index is 326. The minimum atomic E-state index is -0.486. The molecule has 1 unspecified atom stereocenters. The molecule has 1 saturated heterocycles. The molecule has 0 saturated carbocycles. The zero-order valence-electron chi connectivity index (χ0n) is 12.1. The van der Waals surface area contributed by atoms with Gasteiger partial charge in [0, 0.05) is 19.1 Å². The van der Waals surface area contributed by atoms with Gasteiger partial charge in [-0.25, -0.2) is 4.79 Å². The summed E-state index contributed by atoms with van der Waals surface area (Å²) in [4.78, 5) is 24.6. The first-order chi connectivity index (χ1) is 8.79. The van der Waals surface area contributed by atoms with Crippen molar-refractivity contribution in [2.45, 2.75) is 51.7 Å². The van der Waals surface area contributed by atoms with E-state index in [-0.39, 0.29) is 24.6 Å². The van der Waals surface area contributed by atoms with Crippen molar-refractivity contribution in [3.8, 4) is 0 Å². The number of rotatable bonds is 4. The molecule has 0 aliphatic carbocycles. The van der Waals surface area contributed by atoms with Gasteiger partial charge in [0.15, 0.2) is 0 Å². The number of carbonyl (C=O) groups excluding carboxylic acids is 2. The van der Waals surface area contributed by atoms with Gasteiger partial charge in [-0.05, 0) is 40.0 Å². The van der Waals surface area contributed by atoms with Gasteiger partial charge in [-0.1, -0.05) is 0 Å².